The molecule has 1 atom stereocenters. The molecule has 0 fully saturated rings. The molecule has 0 saturated heterocycles. The molecule has 102 valence electrons. The van der Waals surface area contributed by atoms with Crippen molar-refractivity contribution in [2.75, 3.05) is 0 Å². The van der Waals surface area contributed by atoms with Gasteiger partial charge in [-0.15, -0.1) is 0 Å². The van der Waals surface area contributed by atoms with Crippen molar-refractivity contribution >= 4 is 15.9 Å². The van der Waals surface area contributed by atoms with Gasteiger partial charge in [0.2, 0.25) is 0 Å². The molecule has 19 heavy (non-hydrogen) atoms. The Balaban J connectivity index is 2.40. The third-order valence-corrected chi connectivity index (χ3v) is 3.17. The van der Waals surface area contributed by atoms with Crippen LogP contribution in [0, 0.1) is 0 Å². The number of aliphatic hydroxyl groups is 1. The molecule has 1 unspecified atom stereocenters. The van der Waals surface area contributed by atoms with Crippen LogP contribution in [0.5, 0.6) is 0 Å². The summed E-state index contributed by atoms with van der Waals surface area (Å²) in [7, 11) is 0. The van der Waals surface area contributed by atoms with Gasteiger partial charge in [0.25, 0.3) is 0 Å². The van der Waals surface area contributed by atoms with Crippen molar-refractivity contribution in [2.24, 2.45) is 0 Å². The van der Waals surface area contributed by atoms with Crippen LogP contribution in [0.15, 0.2) is 33.3 Å². The Kier molecular flexibility index (Phi) is 3.69. The van der Waals surface area contributed by atoms with E-state index >= 15 is 0 Å². The van der Waals surface area contributed by atoms with E-state index in [1.165, 1.54) is 19.1 Å². The Morgan fingerprint density at radius 1 is 1.32 bits per heavy atom. The highest BCUT2D eigenvalue weighted by atomic mass is 79.9. The van der Waals surface area contributed by atoms with Crippen molar-refractivity contribution in [3.8, 4) is 11.3 Å². The summed E-state index contributed by atoms with van der Waals surface area (Å²) in [5.41, 5.74) is 0.0718. The van der Waals surface area contributed by atoms with Crippen molar-refractivity contribution in [1.82, 2.24) is 5.16 Å². The summed E-state index contributed by atoms with van der Waals surface area (Å²) in [5.74, 6) is 0.252. The largest absolute Gasteiger partial charge is 0.416 e. The zero-order chi connectivity index (χ0) is 14.2. The van der Waals surface area contributed by atoms with Gasteiger partial charge in [-0.3, -0.25) is 0 Å². The van der Waals surface area contributed by atoms with Gasteiger partial charge >= 0.3 is 6.18 Å². The predicted molar refractivity (Wildman–Crippen MR) is 65.3 cm³/mol. The minimum Gasteiger partial charge on any atom is -0.385 e. The van der Waals surface area contributed by atoms with E-state index in [9.17, 15) is 18.3 Å². The molecule has 0 bridgehead atoms. The molecule has 0 aliphatic heterocycles. The second-order valence-electron chi connectivity index (χ2n) is 3.98. The minimum absolute atomic E-state index is 0.252. The van der Waals surface area contributed by atoms with E-state index in [1.54, 1.807) is 0 Å². The number of benzene rings is 1. The lowest BCUT2D eigenvalue weighted by molar-refractivity contribution is -0.137. The SMILES string of the molecule is CC(O)c1cc(-c2ccc(C(F)(F)F)cc2Br)no1. The fourth-order valence-corrected chi connectivity index (χ4v) is 2.09. The summed E-state index contributed by atoms with van der Waals surface area (Å²) in [5, 5.41) is 13.0. The average Bonchev–Trinajstić information content (AvgIpc) is 2.76. The first-order valence-electron chi connectivity index (χ1n) is 5.31. The molecule has 3 nitrogen and oxygen atoms in total. The summed E-state index contributed by atoms with van der Waals surface area (Å²) in [6.07, 6.45) is -5.22. The Morgan fingerprint density at radius 2 is 2.00 bits per heavy atom. The van der Waals surface area contributed by atoms with E-state index < -0.39 is 17.8 Å². The second kappa shape index (κ2) is 4.97. The normalized spacial score (nSPS) is 13.6. The van der Waals surface area contributed by atoms with Crippen molar-refractivity contribution in [3.05, 3.63) is 40.1 Å². The topological polar surface area (TPSA) is 46.3 Å². The molecule has 7 heteroatoms. The molecule has 2 rings (SSSR count). The number of aromatic nitrogens is 1. The average molecular weight is 336 g/mol. The lowest BCUT2D eigenvalue weighted by Crippen LogP contribution is -2.04. The van der Waals surface area contributed by atoms with E-state index in [2.05, 4.69) is 21.1 Å². The molecule has 0 aliphatic rings. The zero-order valence-electron chi connectivity index (χ0n) is 9.70. The fraction of sp³-hybridized carbons (Fsp3) is 0.250. The number of nitrogens with zero attached hydrogens (tertiary/aromatic N) is 1. The maximum Gasteiger partial charge on any atom is 0.416 e. The number of alkyl halides is 3. The van der Waals surface area contributed by atoms with Gasteiger partial charge in [-0.05, 0) is 19.1 Å². The van der Waals surface area contributed by atoms with E-state index in [0.29, 0.717) is 11.3 Å². The summed E-state index contributed by atoms with van der Waals surface area (Å²) < 4.78 is 42.7. The molecule has 1 aromatic heterocycles. The Hall–Kier alpha value is -1.34. The van der Waals surface area contributed by atoms with Gasteiger partial charge in [0.15, 0.2) is 5.76 Å². The standard InChI is InChI=1S/C12H9BrF3NO2/c1-6(18)11-5-10(17-19-11)8-3-2-7(4-9(8)13)12(14,15)16/h2-6,18H,1H3. The highest BCUT2D eigenvalue weighted by molar-refractivity contribution is 9.10. The Bertz CT molecular complexity index is 593. The number of halogens is 4. The van der Waals surface area contributed by atoms with Gasteiger partial charge in [0, 0.05) is 16.1 Å². The molecule has 0 aliphatic carbocycles. The lowest BCUT2D eigenvalue weighted by Gasteiger charge is -2.08. The van der Waals surface area contributed by atoms with Crippen molar-refractivity contribution < 1.29 is 22.8 Å². The molecule has 0 saturated carbocycles. The third-order valence-electron chi connectivity index (χ3n) is 2.51. The first-order chi connectivity index (χ1) is 8.79. The molecular weight excluding hydrogens is 327 g/mol. The molecule has 0 spiro atoms. The van der Waals surface area contributed by atoms with Crippen LogP contribution in [-0.2, 0) is 6.18 Å². The minimum atomic E-state index is -4.39. The van der Waals surface area contributed by atoms with Gasteiger partial charge in [-0.2, -0.15) is 13.2 Å². The van der Waals surface area contributed by atoms with Crippen LogP contribution in [0.3, 0.4) is 0 Å². The highest BCUT2D eigenvalue weighted by Crippen LogP contribution is 2.35. The van der Waals surface area contributed by atoms with Crippen LogP contribution in [0.1, 0.15) is 24.4 Å². The quantitative estimate of drug-likeness (QED) is 0.895. The van der Waals surface area contributed by atoms with Gasteiger partial charge in [-0.1, -0.05) is 27.2 Å². The van der Waals surface area contributed by atoms with E-state index in [1.807, 2.05) is 0 Å². The Labute approximate surface area is 115 Å². The van der Waals surface area contributed by atoms with Crippen molar-refractivity contribution in [3.63, 3.8) is 0 Å². The summed E-state index contributed by atoms with van der Waals surface area (Å²) >= 11 is 3.08. The first kappa shape index (κ1) is 14.1. The van der Waals surface area contributed by atoms with E-state index in [4.69, 9.17) is 4.52 Å². The Morgan fingerprint density at radius 3 is 2.47 bits per heavy atom. The van der Waals surface area contributed by atoms with Gasteiger partial charge in [0.1, 0.15) is 11.8 Å². The van der Waals surface area contributed by atoms with E-state index in [-0.39, 0.29) is 10.2 Å². The maximum absolute atomic E-state index is 12.5. The second-order valence-corrected chi connectivity index (χ2v) is 4.84. The number of rotatable bonds is 2. The lowest BCUT2D eigenvalue weighted by atomic mass is 10.1. The number of hydrogen-bond acceptors (Lipinski definition) is 3. The highest BCUT2D eigenvalue weighted by Gasteiger charge is 2.31. The van der Waals surface area contributed by atoms with Crippen molar-refractivity contribution in [2.45, 2.75) is 19.2 Å². The number of aliphatic hydroxyl groups excluding tert-OH is 1. The smallest absolute Gasteiger partial charge is 0.385 e. The van der Waals surface area contributed by atoms with Crippen molar-refractivity contribution in [1.29, 1.82) is 0 Å². The summed E-state index contributed by atoms with van der Waals surface area (Å²) in [6.45, 7) is 1.51. The van der Waals surface area contributed by atoms with Crippen LogP contribution in [-0.4, -0.2) is 10.3 Å². The van der Waals surface area contributed by atoms with Crippen LogP contribution in [0.2, 0.25) is 0 Å². The molecule has 0 amide bonds. The molecule has 0 radical (unpaired) electrons. The molecule has 1 heterocycles. The molecular formula is C12H9BrF3NO2. The van der Waals surface area contributed by atoms with Crippen LogP contribution < -0.4 is 0 Å². The van der Waals surface area contributed by atoms with Gasteiger partial charge in [-0.25, -0.2) is 0 Å². The van der Waals surface area contributed by atoms with Crippen LogP contribution in [0.25, 0.3) is 11.3 Å². The first-order valence-corrected chi connectivity index (χ1v) is 6.10. The van der Waals surface area contributed by atoms with Gasteiger partial charge < -0.3 is 9.63 Å². The molecule has 2 aromatic rings. The molecule has 1 aromatic carbocycles. The van der Waals surface area contributed by atoms with E-state index in [0.717, 1.165) is 12.1 Å². The zero-order valence-corrected chi connectivity index (χ0v) is 11.3. The maximum atomic E-state index is 12.5. The van der Waals surface area contributed by atoms with Crippen LogP contribution in [0.4, 0.5) is 13.2 Å². The predicted octanol–water partition coefficient (Wildman–Crippen LogP) is 4.18. The fourth-order valence-electron chi connectivity index (χ4n) is 1.51. The third kappa shape index (κ3) is 2.98. The van der Waals surface area contributed by atoms with Gasteiger partial charge in [0.05, 0.1) is 5.56 Å². The molecule has 1 N–H and O–H groups in total. The summed E-state index contributed by atoms with van der Waals surface area (Å²) in [6, 6.07) is 4.73. The number of hydrogen-bond donors (Lipinski definition) is 1. The van der Waals surface area contributed by atoms with Crippen LogP contribution >= 0.6 is 15.9 Å². The monoisotopic (exact) mass is 335 g/mol. The summed E-state index contributed by atoms with van der Waals surface area (Å²) in [4.78, 5) is 0.